The van der Waals surface area contributed by atoms with E-state index in [2.05, 4.69) is 57.2 Å². The first-order valence-corrected chi connectivity index (χ1v) is 37.5. The van der Waals surface area contributed by atoms with Gasteiger partial charge in [-0.05, 0) is 57.8 Å². The van der Waals surface area contributed by atoms with Crippen LogP contribution in [-0.4, -0.2) is 37.2 Å². The third-order valence-electron chi connectivity index (χ3n) is 17.1. The van der Waals surface area contributed by atoms with Gasteiger partial charge in [0.1, 0.15) is 13.2 Å². The molecule has 6 nitrogen and oxygen atoms in total. The molecule has 83 heavy (non-hydrogen) atoms. The highest BCUT2D eigenvalue weighted by atomic mass is 16.6. The number of ether oxygens (including phenoxy) is 3. The Morgan fingerprint density at radius 2 is 0.434 bits per heavy atom. The monoisotopic (exact) mass is 1170 g/mol. The molecule has 0 amide bonds. The molecule has 0 aromatic heterocycles. The first-order valence-electron chi connectivity index (χ1n) is 37.5. The maximum Gasteiger partial charge on any atom is 0.306 e. The smallest absolute Gasteiger partial charge is 0.306 e. The van der Waals surface area contributed by atoms with Crippen LogP contribution in [0.1, 0.15) is 419 Å². The van der Waals surface area contributed by atoms with Crippen molar-refractivity contribution in [2.24, 2.45) is 0 Å². The van der Waals surface area contributed by atoms with Gasteiger partial charge in [0, 0.05) is 19.3 Å². The average molecular weight is 1170 g/mol. The van der Waals surface area contributed by atoms with E-state index in [9.17, 15) is 14.4 Å². The summed E-state index contributed by atoms with van der Waals surface area (Å²) in [6.07, 6.45) is 90.3. The van der Waals surface area contributed by atoms with Crippen LogP contribution in [-0.2, 0) is 28.6 Å². The molecular formula is C77H144O6. The summed E-state index contributed by atoms with van der Waals surface area (Å²) in [5.74, 6) is -0.835. The highest BCUT2D eigenvalue weighted by Crippen LogP contribution is 2.19. The molecular weight excluding hydrogens is 1020 g/mol. The summed E-state index contributed by atoms with van der Waals surface area (Å²) in [5, 5.41) is 0. The fourth-order valence-corrected chi connectivity index (χ4v) is 11.5. The van der Waals surface area contributed by atoms with Gasteiger partial charge in [-0.3, -0.25) is 14.4 Å². The van der Waals surface area contributed by atoms with Gasteiger partial charge < -0.3 is 14.2 Å². The first-order chi connectivity index (χ1) is 41.0. The van der Waals surface area contributed by atoms with Gasteiger partial charge in [0.05, 0.1) is 0 Å². The molecule has 488 valence electrons. The number of esters is 3. The molecule has 1 atom stereocenters. The maximum atomic E-state index is 13.0. The van der Waals surface area contributed by atoms with E-state index in [4.69, 9.17) is 14.2 Å². The minimum Gasteiger partial charge on any atom is -0.462 e. The van der Waals surface area contributed by atoms with E-state index >= 15 is 0 Å². The van der Waals surface area contributed by atoms with Gasteiger partial charge in [-0.15, -0.1) is 0 Å². The Balaban J connectivity index is 4.29. The second-order valence-electron chi connectivity index (χ2n) is 25.6. The Morgan fingerprint density at radius 1 is 0.241 bits per heavy atom. The van der Waals surface area contributed by atoms with Crippen LogP contribution in [0.3, 0.4) is 0 Å². The summed E-state index contributed by atoms with van der Waals surface area (Å²) >= 11 is 0. The highest BCUT2D eigenvalue weighted by molar-refractivity contribution is 5.71. The number of allylic oxidation sites excluding steroid dienone is 6. The van der Waals surface area contributed by atoms with E-state index in [0.717, 1.165) is 70.6 Å². The molecule has 0 spiro atoms. The van der Waals surface area contributed by atoms with Crippen molar-refractivity contribution in [1.29, 1.82) is 0 Å². The van der Waals surface area contributed by atoms with E-state index < -0.39 is 6.10 Å². The molecule has 6 heteroatoms. The van der Waals surface area contributed by atoms with Crippen LogP contribution in [0, 0.1) is 0 Å². The molecule has 0 aromatic carbocycles. The van der Waals surface area contributed by atoms with Gasteiger partial charge in [-0.25, -0.2) is 0 Å². The number of carbonyl (C=O) groups excluding carboxylic acids is 3. The predicted octanol–water partition coefficient (Wildman–Crippen LogP) is 25.9. The number of hydrogen-bond acceptors (Lipinski definition) is 6. The van der Waals surface area contributed by atoms with Crippen molar-refractivity contribution in [1.82, 2.24) is 0 Å². The minimum absolute atomic E-state index is 0.0666. The molecule has 0 N–H and O–H groups in total. The van der Waals surface area contributed by atoms with E-state index in [-0.39, 0.29) is 31.1 Å². The van der Waals surface area contributed by atoms with Gasteiger partial charge in [0.2, 0.25) is 0 Å². The van der Waals surface area contributed by atoms with Crippen molar-refractivity contribution in [2.45, 2.75) is 425 Å². The normalized spacial score (nSPS) is 12.2. The van der Waals surface area contributed by atoms with E-state index in [1.807, 2.05) is 0 Å². The van der Waals surface area contributed by atoms with Crippen molar-refractivity contribution in [3.63, 3.8) is 0 Å². The van der Waals surface area contributed by atoms with E-state index in [1.54, 1.807) is 0 Å². The summed E-state index contributed by atoms with van der Waals surface area (Å²) in [6, 6.07) is 0. The first kappa shape index (κ1) is 80.6. The standard InChI is InChI=1S/C77H144O6/c1-4-7-10-13-16-19-22-25-28-31-33-35-37-38-40-41-43-46-49-52-55-58-61-64-67-70-76(79)82-73-74(72-81-75(78)69-66-63-60-57-54-51-48-45-30-27-24-21-18-15-12-9-6-3)83-77(80)71-68-65-62-59-56-53-50-47-44-42-39-36-34-32-29-26-23-20-17-14-11-8-5-2/h22,25,31,33,37-38,74H,4-21,23-24,26-30,32,34-36,39-73H2,1-3H3/b25-22-,33-31-,38-37-. The Kier molecular flexibility index (Phi) is 70.0. The third kappa shape index (κ3) is 70.3. The quantitative estimate of drug-likeness (QED) is 0.0261. The summed E-state index contributed by atoms with van der Waals surface area (Å²) in [6.45, 7) is 6.72. The maximum absolute atomic E-state index is 13.0. The Morgan fingerprint density at radius 3 is 0.675 bits per heavy atom. The average Bonchev–Trinajstić information content (AvgIpc) is 3.49. The number of hydrogen-bond donors (Lipinski definition) is 0. The lowest BCUT2D eigenvalue weighted by Gasteiger charge is -2.18. The third-order valence-corrected chi connectivity index (χ3v) is 17.1. The molecule has 0 radical (unpaired) electrons. The Hall–Kier alpha value is -2.37. The molecule has 0 aliphatic rings. The lowest BCUT2D eigenvalue weighted by Crippen LogP contribution is -2.30. The largest absolute Gasteiger partial charge is 0.462 e. The molecule has 0 fully saturated rings. The second kappa shape index (κ2) is 72.1. The molecule has 0 heterocycles. The molecule has 0 saturated heterocycles. The van der Waals surface area contributed by atoms with E-state index in [0.29, 0.717) is 19.3 Å². The van der Waals surface area contributed by atoms with Gasteiger partial charge in [0.25, 0.3) is 0 Å². The Labute approximate surface area is 518 Å². The van der Waals surface area contributed by atoms with Crippen molar-refractivity contribution in [2.75, 3.05) is 13.2 Å². The summed E-state index contributed by atoms with van der Waals surface area (Å²) in [7, 11) is 0. The number of carbonyl (C=O) groups is 3. The zero-order valence-corrected chi connectivity index (χ0v) is 56.2. The van der Waals surface area contributed by atoms with Crippen LogP contribution in [0.2, 0.25) is 0 Å². The van der Waals surface area contributed by atoms with Crippen molar-refractivity contribution >= 4 is 17.9 Å². The molecule has 0 saturated carbocycles. The molecule has 0 aromatic rings. The number of rotatable bonds is 70. The lowest BCUT2D eigenvalue weighted by molar-refractivity contribution is -0.167. The SMILES string of the molecule is CCCCCCC/C=C\C/C=C\C/C=C\CCCCCCCCCCCCC(=O)OCC(COC(=O)CCCCCCCCCCCCCCCCCCC)OC(=O)CCCCCCCCCCCCCCCCCCCCCCCCC. The summed E-state index contributed by atoms with van der Waals surface area (Å²) < 4.78 is 17.0. The van der Waals surface area contributed by atoms with Gasteiger partial charge in [-0.2, -0.15) is 0 Å². The van der Waals surface area contributed by atoms with Gasteiger partial charge in [0.15, 0.2) is 6.10 Å². The molecule has 0 aliphatic heterocycles. The van der Waals surface area contributed by atoms with Crippen LogP contribution in [0.25, 0.3) is 0 Å². The van der Waals surface area contributed by atoms with Crippen LogP contribution >= 0.6 is 0 Å². The van der Waals surface area contributed by atoms with E-state index in [1.165, 1.54) is 308 Å². The molecule has 0 aliphatic carbocycles. The van der Waals surface area contributed by atoms with Crippen LogP contribution in [0.15, 0.2) is 36.5 Å². The summed E-state index contributed by atoms with van der Waals surface area (Å²) in [5.41, 5.74) is 0. The molecule has 0 rings (SSSR count). The lowest BCUT2D eigenvalue weighted by atomic mass is 10.0. The van der Waals surface area contributed by atoms with Gasteiger partial charge in [-0.1, -0.05) is 378 Å². The minimum atomic E-state index is -0.772. The fraction of sp³-hybridized carbons (Fsp3) is 0.883. The van der Waals surface area contributed by atoms with Crippen LogP contribution in [0.5, 0.6) is 0 Å². The Bertz CT molecular complexity index is 1380. The molecule has 1 unspecified atom stereocenters. The second-order valence-corrected chi connectivity index (χ2v) is 25.6. The van der Waals surface area contributed by atoms with Crippen LogP contribution in [0.4, 0.5) is 0 Å². The molecule has 0 bridgehead atoms. The fourth-order valence-electron chi connectivity index (χ4n) is 11.5. The van der Waals surface area contributed by atoms with Crippen molar-refractivity contribution < 1.29 is 28.6 Å². The zero-order valence-electron chi connectivity index (χ0n) is 56.2. The van der Waals surface area contributed by atoms with Crippen molar-refractivity contribution in [3.8, 4) is 0 Å². The predicted molar refractivity (Wildman–Crippen MR) is 362 cm³/mol. The zero-order chi connectivity index (χ0) is 59.9. The summed E-state index contributed by atoms with van der Waals surface area (Å²) in [4.78, 5) is 38.6. The number of unbranched alkanes of at least 4 members (excludes halogenated alkanes) is 53. The van der Waals surface area contributed by atoms with Crippen molar-refractivity contribution in [3.05, 3.63) is 36.5 Å². The topological polar surface area (TPSA) is 78.9 Å². The van der Waals surface area contributed by atoms with Crippen LogP contribution < -0.4 is 0 Å². The highest BCUT2D eigenvalue weighted by Gasteiger charge is 2.20. The van der Waals surface area contributed by atoms with Gasteiger partial charge >= 0.3 is 17.9 Å².